The minimum Gasteiger partial charge on any atom is -0.464 e. The Kier molecular flexibility index (Phi) is 3.03. The van der Waals surface area contributed by atoms with E-state index in [4.69, 9.17) is 4.42 Å². The molecule has 1 N–H and O–H groups in total. The van der Waals surface area contributed by atoms with Gasteiger partial charge < -0.3 is 9.73 Å². The highest BCUT2D eigenvalue weighted by Crippen LogP contribution is 2.28. The Labute approximate surface area is 101 Å². The highest BCUT2D eigenvalue weighted by Gasteiger charge is 2.30. The molecule has 1 heterocycles. The SMILES string of the molecule is CNCC(C)(C)C(=O)c1coc2ccccc12. The van der Waals surface area contributed by atoms with Gasteiger partial charge in [0.05, 0.1) is 5.56 Å². The molecule has 2 aromatic rings. The number of ketones is 1. The van der Waals surface area contributed by atoms with E-state index < -0.39 is 5.41 Å². The number of rotatable bonds is 4. The summed E-state index contributed by atoms with van der Waals surface area (Å²) in [5.74, 6) is 0.108. The summed E-state index contributed by atoms with van der Waals surface area (Å²) in [6.07, 6.45) is 1.56. The van der Waals surface area contributed by atoms with Gasteiger partial charge in [-0.15, -0.1) is 0 Å². The molecule has 0 saturated heterocycles. The number of Topliss-reactive ketones (excluding diaryl/α,β-unsaturated/α-hetero) is 1. The van der Waals surface area contributed by atoms with Gasteiger partial charge in [0, 0.05) is 17.3 Å². The number of hydrogen-bond acceptors (Lipinski definition) is 3. The molecule has 0 atom stereocenters. The molecule has 3 heteroatoms. The van der Waals surface area contributed by atoms with Gasteiger partial charge in [-0.3, -0.25) is 4.79 Å². The molecule has 0 saturated carbocycles. The predicted molar refractivity (Wildman–Crippen MR) is 68.3 cm³/mol. The molecule has 0 unspecified atom stereocenters. The van der Waals surface area contributed by atoms with Crippen LogP contribution in [0.5, 0.6) is 0 Å². The second kappa shape index (κ2) is 4.34. The van der Waals surface area contributed by atoms with E-state index in [1.165, 1.54) is 0 Å². The average Bonchev–Trinajstić information content (AvgIpc) is 2.71. The van der Waals surface area contributed by atoms with Crippen molar-refractivity contribution in [1.82, 2.24) is 5.32 Å². The number of fused-ring (bicyclic) bond motifs is 1. The Morgan fingerprint density at radius 1 is 1.35 bits per heavy atom. The van der Waals surface area contributed by atoms with Gasteiger partial charge in [-0.2, -0.15) is 0 Å². The molecular formula is C14H17NO2. The largest absolute Gasteiger partial charge is 0.464 e. The van der Waals surface area contributed by atoms with Crippen LogP contribution >= 0.6 is 0 Å². The van der Waals surface area contributed by atoms with Crippen molar-refractivity contribution in [2.24, 2.45) is 5.41 Å². The third-order valence-corrected chi connectivity index (χ3v) is 2.96. The second-order valence-corrected chi connectivity index (χ2v) is 4.89. The molecule has 1 aromatic heterocycles. The van der Waals surface area contributed by atoms with Crippen molar-refractivity contribution >= 4 is 16.8 Å². The Morgan fingerprint density at radius 2 is 2.06 bits per heavy atom. The molecule has 0 bridgehead atoms. The summed E-state index contributed by atoms with van der Waals surface area (Å²) < 4.78 is 5.40. The van der Waals surface area contributed by atoms with E-state index in [0.29, 0.717) is 12.1 Å². The van der Waals surface area contributed by atoms with Crippen LogP contribution < -0.4 is 5.32 Å². The molecule has 2 rings (SSSR count). The van der Waals surface area contributed by atoms with E-state index in [1.807, 2.05) is 45.2 Å². The summed E-state index contributed by atoms with van der Waals surface area (Å²) in [7, 11) is 1.85. The first-order chi connectivity index (χ1) is 8.06. The summed E-state index contributed by atoms with van der Waals surface area (Å²) in [6.45, 7) is 4.52. The van der Waals surface area contributed by atoms with E-state index in [-0.39, 0.29) is 5.78 Å². The Morgan fingerprint density at radius 3 is 2.76 bits per heavy atom. The van der Waals surface area contributed by atoms with Crippen LogP contribution in [0.25, 0.3) is 11.0 Å². The van der Waals surface area contributed by atoms with Crippen LogP contribution in [0.3, 0.4) is 0 Å². The Hall–Kier alpha value is -1.61. The molecule has 0 spiro atoms. The molecule has 3 nitrogen and oxygen atoms in total. The van der Waals surface area contributed by atoms with Crippen LogP contribution in [0.2, 0.25) is 0 Å². The number of furan rings is 1. The molecule has 0 amide bonds. The summed E-state index contributed by atoms with van der Waals surface area (Å²) >= 11 is 0. The van der Waals surface area contributed by atoms with Crippen LogP contribution in [-0.4, -0.2) is 19.4 Å². The van der Waals surface area contributed by atoms with Crippen molar-refractivity contribution in [3.63, 3.8) is 0 Å². The summed E-state index contributed by atoms with van der Waals surface area (Å²) in [6, 6.07) is 7.61. The van der Waals surface area contributed by atoms with E-state index in [0.717, 1.165) is 11.0 Å². The highest BCUT2D eigenvalue weighted by atomic mass is 16.3. The maximum absolute atomic E-state index is 12.4. The normalized spacial score (nSPS) is 11.9. The maximum Gasteiger partial charge on any atom is 0.173 e. The standard InChI is InChI=1S/C14H17NO2/c1-14(2,9-15-3)13(16)11-8-17-12-7-5-4-6-10(11)12/h4-8,15H,9H2,1-3H3. The van der Waals surface area contributed by atoms with Gasteiger partial charge in [0.15, 0.2) is 5.78 Å². The fourth-order valence-electron chi connectivity index (χ4n) is 2.04. The first-order valence-corrected chi connectivity index (χ1v) is 5.72. The molecule has 1 aromatic carbocycles. The number of carbonyl (C=O) groups is 1. The van der Waals surface area contributed by atoms with E-state index in [1.54, 1.807) is 6.26 Å². The van der Waals surface area contributed by atoms with Crippen molar-refractivity contribution in [3.05, 3.63) is 36.1 Å². The number of nitrogens with one attached hydrogen (secondary N) is 1. The van der Waals surface area contributed by atoms with Gasteiger partial charge in [0.1, 0.15) is 11.8 Å². The smallest absolute Gasteiger partial charge is 0.173 e. The Bertz CT molecular complexity index is 540. The third-order valence-electron chi connectivity index (χ3n) is 2.96. The lowest BCUT2D eigenvalue weighted by atomic mass is 9.84. The molecule has 0 aliphatic carbocycles. The zero-order chi connectivity index (χ0) is 12.5. The quantitative estimate of drug-likeness (QED) is 0.823. The summed E-state index contributed by atoms with van der Waals surface area (Å²) in [5, 5.41) is 3.94. The van der Waals surface area contributed by atoms with Crippen molar-refractivity contribution < 1.29 is 9.21 Å². The zero-order valence-electron chi connectivity index (χ0n) is 10.4. The van der Waals surface area contributed by atoms with Gasteiger partial charge in [0.25, 0.3) is 0 Å². The lowest BCUT2D eigenvalue weighted by molar-refractivity contribution is 0.0840. The molecule has 90 valence electrons. The van der Waals surface area contributed by atoms with Crippen molar-refractivity contribution in [1.29, 1.82) is 0 Å². The number of hydrogen-bond donors (Lipinski definition) is 1. The fraction of sp³-hybridized carbons (Fsp3) is 0.357. The summed E-state index contributed by atoms with van der Waals surface area (Å²) in [5.41, 5.74) is 0.999. The zero-order valence-corrected chi connectivity index (χ0v) is 10.4. The lowest BCUT2D eigenvalue weighted by Gasteiger charge is -2.21. The minimum absolute atomic E-state index is 0.108. The van der Waals surface area contributed by atoms with Crippen LogP contribution in [-0.2, 0) is 0 Å². The van der Waals surface area contributed by atoms with Crippen LogP contribution in [0, 0.1) is 5.41 Å². The van der Waals surface area contributed by atoms with Crippen molar-refractivity contribution in [2.75, 3.05) is 13.6 Å². The second-order valence-electron chi connectivity index (χ2n) is 4.89. The number of benzene rings is 1. The molecule has 0 fully saturated rings. The average molecular weight is 231 g/mol. The molecular weight excluding hydrogens is 214 g/mol. The molecule has 17 heavy (non-hydrogen) atoms. The first-order valence-electron chi connectivity index (χ1n) is 5.72. The maximum atomic E-state index is 12.4. The third kappa shape index (κ3) is 2.11. The van der Waals surface area contributed by atoms with Gasteiger partial charge in [-0.25, -0.2) is 0 Å². The molecule has 0 aliphatic rings. The monoisotopic (exact) mass is 231 g/mol. The van der Waals surface area contributed by atoms with Crippen LogP contribution in [0.1, 0.15) is 24.2 Å². The Balaban J connectivity index is 2.43. The minimum atomic E-state index is -0.429. The molecule has 0 aliphatic heterocycles. The van der Waals surface area contributed by atoms with E-state index in [2.05, 4.69) is 5.32 Å². The lowest BCUT2D eigenvalue weighted by Crippen LogP contribution is -2.34. The van der Waals surface area contributed by atoms with Crippen molar-refractivity contribution in [2.45, 2.75) is 13.8 Å². The topological polar surface area (TPSA) is 42.2 Å². The van der Waals surface area contributed by atoms with Crippen LogP contribution in [0.4, 0.5) is 0 Å². The molecule has 0 radical (unpaired) electrons. The van der Waals surface area contributed by atoms with E-state index >= 15 is 0 Å². The van der Waals surface area contributed by atoms with Gasteiger partial charge in [-0.05, 0) is 13.1 Å². The fourth-order valence-corrected chi connectivity index (χ4v) is 2.04. The number of carbonyl (C=O) groups excluding carboxylic acids is 1. The van der Waals surface area contributed by atoms with E-state index in [9.17, 15) is 4.79 Å². The van der Waals surface area contributed by atoms with Crippen molar-refractivity contribution in [3.8, 4) is 0 Å². The summed E-state index contributed by atoms with van der Waals surface area (Å²) in [4.78, 5) is 12.4. The highest BCUT2D eigenvalue weighted by molar-refractivity contribution is 6.09. The van der Waals surface area contributed by atoms with Gasteiger partial charge in [-0.1, -0.05) is 32.0 Å². The number of para-hydroxylation sites is 1. The van der Waals surface area contributed by atoms with Crippen LogP contribution in [0.15, 0.2) is 34.9 Å². The first kappa shape index (κ1) is 11.9. The van der Waals surface area contributed by atoms with Gasteiger partial charge in [0.2, 0.25) is 0 Å². The van der Waals surface area contributed by atoms with Gasteiger partial charge >= 0.3 is 0 Å². The predicted octanol–water partition coefficient (Wildman–Crippen LogP) is 2.86.